The zero-order chi connectivity index (χ0) is 28.1. The number of aryl methyl sites for hydroxylation is 1. The third-order valence-corrected chi connectivity index (χ3v) is 6.64. The van der Waals surface area contributed by atoms with E-state index >= 15 is 0 Å². The third-order valence-electron chi connectivity index (χ3n) is 6.64. The van der Waals surface area contributed by atoms with E-state index in [-0.39, 0.29) is 29.8 Å². The molecule has 0 aromatic heterocycles. The lowest BCUT2D eigenvalue weighted by molar-refractivity contribution is -0.129. The summed E-state index contributed by atoms with van der Waals surface area (Å²) in [6.45, 7) is 14.1. The second-order valence-corrected chi connectivity index (χ2v) is 10.5. The number of rotatable bonds is 10. The van der Waals surface area contributed by atoms with Crippen molar-refractivity contribution in [2.24, 2.45) is 17.8 Å². The Kier molecular flexibility index (Phi) is 20.4. The predicted octanol–water partition coefficient (Wildman–Crippen LogP) is 9.29. The summed E-state index contributed by atoms with van der Waals surface area (Å²) in [7, 11) is 0. The fourth-order valence-corrected chi connectivity index (χ4v) is 4.92. The average molecular weight is 511 g/mol. The van der Waals surface area contributed by atoms with E-state index in [0.717, 1.165) is 50.5 Å². The molecule has 0 amide bonds. The molecule has 1 aromatic carbocycles. The minimum Gasteiger partial charge on any atom is -0.300 e. The molecule has 0 saturated carbocycles. The Labute approximate surface area is 228 Å². The fourth-order valence-electron chi connectivity index (χ4n) is 4.92. The molecule has 3 nitrogen and oxygen atoms in total. The lowest BCUT2D eigenvalue weighted by Crippen LogP contribution is -2.27. The predicted molar refractivity (Wildman–Crippen MR) is 159 cm³/mol. The second kappa shape index (κ2) is 21.8. The van der Waals surface area contributed by atoms with Crippen molar-refractivity contribution < 1.29 is 14.4 Å². The molecule has 1 aromatic rings. The van der Waals surface area contributed by atoms with E-state index in [1.54, 1.807) is 0 Å². The Morgan fingerprint density at radius 2 is 1.68 bits per heavy atom. The van der Waals surface area contributed by atoms with Crippen LogP contribution in [0.2, 0.25) is 0 Å². The summed E-state index contributed by atoms with van der Waals surface area (Å²) >= 11 is 0. The molecule has 0 N–H and O–H groups in total. The Bertz CT molecular complexity index is 819. The van der Waals surface area contributed by atoms with Crippen LogP contribution >= 0.6 is 0 Å². The van der Waals surface area contributed by atoms with Crippen molar-refractivity contribution >= 4 is 17.3 Å². The molecule has 3 atom stereocenters. The van der Waals surface area contributed by atoms with E-state index in [4.69, 9.17) is 0 Å². The normalized spacial score (nSPS) is 19.5. The molecule has 3 unspecified atom stereocenters. The van der Waals surface area contributed by atoms with Gasteiger partial charge in [0.15, 0.2) is 0 Å². The molecular weight excluding hydrogens is 456 g/mol. The number of benzene rings is 1. The van der Waals surface area contributed by atoms with Crippen LogP contribution in [-0.2, 0) is 20.8 Å². The molecule has 0 saturated heterocycles. The van der Waals surface area contributed by atoms with Gasteiger partial charge < -0.3 is 0 Å². The fraction of sp³-hybridized carbons (Fsp3) is 0.618. The molecule has 3 heteroatoms. The van der Waals surface area contributed by atoms with Crippen molar-refractivity contribution in [3.63, 3.8) is 0 Å². The molecule has 208 valence electrons. The molecular formula is C34H54O3. The zero-order valence-corrected chi connectivity index (χ0v) is 24.9. The molecule has 2 rings (SSSR count). The minimum absolute atomic E-state index is 0.0506. The topological polar surface area (TPSA) is 51.2 Å². The first-order chi connectivity index (χ1) is 17.7. The Morgan fingerprint density at radius 1 is 1.03 bits per heavy atom. The summed E-state index contributed by atoms with van der Waals surface area (Å²) in [6.07, 6.45) is 15.5. The minimum atomic E-state index is -0.0541. The molecule has 0 spiro atoms. The van der Waals surface area contributed by atoms with Crippen LogP contribution in [0.25, 0.3) is 0 Å². The molecule has 1 aliphatic rings. The van der Waals surface area contributed by atoms with Crippen LogP contribution in [0.3, 0.4) is 0 Å². The molecule has 0 aliphatic heterocycles. The van der Waals surface area contributed by atoms with Crippen LogP contribution in [0.1, 0.15) is 118 Å². The Balaban J connectivity index is 0.000000971. The van der Waals surface area contributed by atoms with Crippen molar-refractivity contribution in [3.05, 3.63) is 59.7 Å². The van der Waals surface area contributed by atoms with Crippen LogP contribution in [0.15, 0.2) is 54.1 Å². The number of ketones is 3. The average Bonchev–Trinajstić information content (AvgIpc) is 2.85. The number of carbonyl (C=O) groups is 3. The maximum atomic E-state index is 12.6. The van der Waals surface area contributed by atoms with Gasteiger partial charge in [-0.2, -0.15) is 0 Å². The van der Waals surface area contributed by atoms with Crippen molar-refractivity contribution in [2.75, 3.05) is 0 Å². The van der Waals surface area contributed by atoms with Gasteiger partial charge in [0, 0.05) is 18.8 Å². The van der Waals surface area contributed by atoms with Gasteiger partial charge in [0.1, 0.15) is 17.3 Å². The van der Waals surface area contributed by atoms with Gasteiger partial charge in [-0.05, 0) is 63.4 Å². The summed E-state index contributed by atoms with van der Waals surface area (Å²) in [5.74, 6) is 0.888. The van der Waals surface area contributed by atoms with Crippen LogP contribution in [0, 0.1) is 17.8 Å². The smallest absolute Gasteiger partial charge is 0.143 e. The number of allylic oxidation sites excluding steroid dienone is 4. The maximum absolute atomic E-state index is 12.6. The van der Waals surface area contributed by atoms with Crippen LogP contribution in [-0.4, -0.2) is 17.3 Å². The van der Waals surface area contributed by atoms with Gasteiger partial charge >= 0.3 is 0 Å². The van der Waals surface area contributed by atoms with Crippen LogP contribution in [0.4, 0.5) is 0 Å². The quantitative estimate of drug-likeness (QED) is 0.295. The molecule has 1 aliphatic carbocycles. The van der Waals surface area contributed by atoms with Gasteiger partial charge in [0.2, 0.25) is 0 Å². The van der Waals surface area contributed by atoms with E-state index in [9.17, 15) is 14.4 Å². The highest BCUT2D eigenvalue weighted by atomic mass is 16.1. The van der Waals surface area contributed by atoms with Gasteiger partial charge in [0.25, 0.3) is 0 Å². The first-order valence-corrected chi connectivity index (χ1v) is 14.6. The monoisotopic (exact) mass is 510 g/mol. The summed E-state index contributed by atoms with van der Waals surface area (Å²) in [5.41, 5.74) is 2.52. The van der Waals surface area contributed by atoms with E-state index < -0.39 is 0 Å². The molecule has 0 bridgehead atoms. The second-order valence-electron chi connectivity index (χ2n) is 10.5. The van der Waals surface area contributed by atoms with Crippen molar-refractivity contribution in [1.29, 1.82) is 0 Å². The first-order valence-electron chi connectivity index (χ1n) is 14.6. The van der Waals surface area contributed by atoms with Gasteiger partial charge in [-0.25, -0.2) is 0 Å². The highest BCUT2D eigenvalue weighted by molar-refractivity contribution is 5.99. The standard InChI is InChI=1S/C23H36O3.C8H10.C3H8/c1-5-10-20(22(6-2)23(26)14-18(4)24)15-19-12-9-7-8-11-17(3)13-21(25)16-19;1-2-8-6-4-3-5-7-8;1-3-2/h7-8,11,19-20,22H,5-6,9-10,12-16H2,1-4H3;3-7H,2H2,1H3;3H2,1-2H3/b8-7-,17-11-;;. The highest BCUT2D eigenvalue weighted by Crippen LogP contribution is 2.33. The third kappa shape index (κ3) is 17.0. The Morgan fingerprint density at radius 3 is 2.19 bits per heavy atom. The largest absolute Gasteiger partial charge is 0.300 e. The van der Waals surface area contributed by atoms with E-state index in [1.807, 2.05) is 26.0 Å². The van der Waals surface area contributed by atoms with Gasteiger partial charge in [-0.15, -0.1) is 0 Å². The van der Waals surface area contributed by atoms with E-state index in [2.05, 4.69) is 64.1 Å². The maximum Gasteiger partial charge on any atom is 0.143 e. The van der Waals surface area contributed by atoms with E-state index in [0.29, 0.717) is 24.5 Å². The highest BCUT2D eigenvalue weighted by Gasteiger charge is 2.29. The summed E-state index contributed by atoms with van der Waals surface area (Å²) < 4.78 is 0. The molecule has 0 fully saturated rings. The number of Topliss-reactive ketones (excluding diaryl/α,β-unsaturated/α-hetero) is 3. The first kappa shape index (κ1) is 34.7. The van der Waals surface area contributed by atoms with Crippen LogP contribution < -0.4 is 0 Å². The van der Waals surface area contributed by atoms with Crippen LogP contribution in [0.5, 0.6) is 0 Å². The van der Waals surface area contributed by atoms with Crippen molar-refractivity contribution in [3.8, 4) is 0 Å². The SMILES string of the molecule is CCC.CCCC(CC1CC/C=C\C=C(\C)CC(=O)C1)C(CC)C(=O)CC(C)=O.CCc1ccccc1. The van der Waals surface area contributed by atoms with Gasteiger partial charge in [0.05, 0.1) is 6.42 Å². The van der Waals surface area contributed by atoms with Gasteiger partial charge in [-0.1, -0.05) is 108 Å². The molecule has 0 heterocycles. The lowest BCUT2D eigenvalue weighted by atomic mass is 9.75. The van der Waals surface area contributed by atoms with Gasteiger partial charge in [-0.3, -0.25) is 14.4 Å². The summed E-state index contributed by atoms with van der Waals surface area (Å²) in [6, 6.07) is 10.5. The number of hydrogen-bond acceptors (Lipinski definition) is 3. The Hall–Kier alpha value is -2.29. The molecule has 0 radical (unpaired) electrons. The zero-order valence-electron chi connectivity index (χ0n) is 24.9. The van der Waals surface area contributed by atoms with Crippen molar-refractivity contribution in [2.45, 2.75) is 119 Å². The summed E-state index contributed by atoms with van der Waals surface area (Å²) in [5, 5.41) is 0. The van der Waals surface area contributed by atoms with Crippen molar-refractivity contribution in [1.82, 2.24) is 0 Å². The lowest BCUT2D eigenvalue weighted by Gasteiger charge is -2.29. The number of carbonyl (C=O) groups excluding carboxylic acids is 3. The number of hydrogen-bond donors (Lipinski definition) is 0. The summed E-state index contributed by atoms with van der Waals surface area (Å²) in [4.78, 5) is 36.4. The molecule has 37 heavy (non-hydrogen) atoms. The van der Waals surface area contributed by atoms with E-state index in [1.165, 1.54) is 18.9 Å².